The Morgan fingerprint density at radius 2 is 2.24 bits per heavy atom. The fourth-order valence-corrected chi connectivity index (χ4v) is 1.10. The number of alkyl halides is 2. The van der Waals surface area contributed by atoms with Crippen LogP contribution in [-0.4, -0.2) is 21.0 Å². The minimum Gasteiger partial charge on any atom is -0.477 e. The Balaban J connectivity index is 3.65. The van der Waals surface area contributed by atoms with Crippen LogP contribution < -0.4 is 0 Å². The second kappa shape index (κ2) is 4.48. The molecule has 0 fully saturated rings. The third-order valence-corrected chi connectivity index (χ3v) is 1.76. The zero-order valence-corrected chi connectivity index (χ0v) is 7.92. The summed E-state index contributed by atoms with van der Waals surface area (Å²) >= 11 is 0. The molecule has 0 aromatic carbocycles. The maximum absolute atomic E-state index is 12.5. The Bertz CT molecular complexity index is 538. The molecule has 0 spiro atoms. The van der Waals surface area contributed by atoms with Gasteiger partial charge in [-0.25, -0.2) is 18.6 Å². The summed E-state index contributed by atoms with van der Waals surface area (Å²) in [6, 6.07) is 1.60. The molecule has 1 heterocycles. The number of rotatable bonds is 3. The summed E-state index contributed by atoms with van der Waals surface area (Å²) in [7, 11) is 0. The van der Waals surface area contributed by atoms with Gasteiger partial charge in [-0.2, -0.15) is 5.26 Å². The van der Waals surface area contributed by atoms with Crippen LogP contribution in [-0.2, 0) is 0 Å². The largest absolute Gasteiger partial charge is 0.477 e. The predicted molar refractivity (Wildman–Crippen MR) is 47.5 cm³/mol. The van der Waals surface area contributed by atoms with Gasteiger partial charge in [0.05, 0.1) is 4.92 Å². The zero-order chi connectivity index (χ0) is 13.2. The van der Waals surface area contributed by atoms with Gasteiger partial charge in [-0.1, -0.05) is 0 Å². The van der Waals surface area contributed by atoms with Gasteiger partial charge in [-0.05, 0) is 6.07 Å². The highest BCUT2D eigenvalue weighted by atomic mass is 19.3. The van der Waals surface area contributed by atoms with Crippen LogP contribution in [0.5, 0.6) is 0 Å². The van der Waals surface area contributed by atoms with Crippen molar-refractivity contribution < 1.29 is 23.6 Å². The molecule has 1 N–H and O–H groups in total. The van der Waals surface area contributed by atoms with E-state index >= 15 is 0 Å². The van der Waals surface area contributed by atoms with E-state index in [0.29, 0.717) is 6.07 Å². The molecule has 88 valence electrons. The van der Waals surface area contributed by atoms with Gasteiger partial charge >= 0.3 is 11.7 Å². The smallest absolute Gasteiger partial charge is 0.354 e. The first-order chi connectivity index (χ1) is 7.88. The third-order valence-electron chi connectivity index (χ3n) is 1.76. The second-order valence-electron chi connectivity index (χ2n) is 2.77. The van der Waals surface area contributed by atoms with Crippen molar-refractivity contribution in [2.45, 2.75) is 6.43 Å². The molecule has 0 radical (unpaired) electrons. The average Bonchev–Trinajstić information content (AvgIpc) is 2.26. The molecule has 0 unspecified atom stereocenters. The number of nitrogens with zero attached hydrogens (tertiary/aromatic N) is 3. The Labute approximate surface area is 92.1 Å². The van der Waals surface area contributed by atoms with Crippen LogP contribution in [0.15, 0.2) is 6.07 Å². The number of aromatic carboxylic acids is 1. The summed E-state index contributed by atoms with van der Waals surface area (Å²) in [6.45, 7) is 0. The zero-order valence-electron chi connectivity index (χ0n) is 7.92. The minimum atomic E-state index is -3.27. The van der Waals surface area contributed by atoms with Crippen LogP contribution in [0.2, 0.25) is 0 Å². The Morgan fingerprint density at radius 1 is 1.65 bits per heavy atom. The summed E-state index contributed by atoms with van der Waals surface area (Å²) in [5.74, 6) is -1.65. The number of hydrogen-bond acceptors (Lipinski definition) is 5. The molecule has 0 aliphatic rings. The van der Waals surface area contributed by atoms with Crippen LogP contribution in [0.3, 0.4) is 0 Å². The van der Waals surface area contributed by atoms with Crippen molar-refractivity contribution in [1.82, 2.24) is 4.98 Å². The molecular formula is C8H3F2N3O4. The van der Waals surface area contributed by atoms with Crippen molar-refractivity contribution in [1.29, 1.82) is 5.26 Å². The Kier molecular flexibility index (Phi) is 3.28. The maximum atomic E-state index is 12.5. The number of aromatic nitrogens is 1. The summed E-state index contributed by atoms with van der Waals surface area (Å²) in [5.41, 5.74) is -4.11. The number of carboxylic acids is 1. The van der Waals surface area contributed by atoms with Crippen molar-refractivity contribution in [3.63, 3.8) is 0 Å². The lowest BCUT2D eigenvalue weighted by atomic mass is 10.1. The SMILES string of the molecule is N#Cc1nc(C(=O)O)cc(C(F)F)c1[N+](=O)[O-]. The highest BCUT2D eigenvalue weighted by Crippen LogP contribution is 2.31. The molecule has 1 rings (SSSR count). The van der Waals surface area contributed by atoms with Crippen LogP contribution in [0.25, 0.3) is 0 Å². The first-order valence-corrected chi connectivity index (χ1v) is 3.99. The van der Waals surface area contributed by atoms with Crippen molar-refractivity contribution in [3.05, 3.63) is 33.1 Å². The van der Waals surface area contributed by atoms with Gasteiger partial charge in [-0.3, -0.25) is 10.1 Å². The molecule has 7 nitrogen and oxygen atoms in total. The van der Waals surface area contributed by atoms with Gasteiger partial charge in [0.1, 0.15) is 11.6 Å². The van der Waals surface area contributed by atoms with Crippen LogP contribution in [0, 0.1) is 21.4 Å². The minimum absolute atomic E-state index is 0.381. The van der Waals surface area contributed by atoms with Gasteiger partial charge < -0.3 is 5.11 Å². The van der Waals surface area contributed by atoms with E-state index in [-0.39, 0.29) is 0 Å². The molecule has 0 aliphatic carbocycles. The van der Waals surface area contributed by atoms with Gasteiger partial charge in [0.25, 0.3) is 6.43 Å². The Morgan fingerprint density at radius 3 is 2.59 bits per heavy atom. The summed E-state index contributed by atoms with van der Waals surface area (Å²) in [6.07, 6.45) is -3.27. The van der Waals surface area contributed by atoms with Crippen LogP contribution in [0.1, 0.15) is 28.2 Å². The number of nitro groups is 1. The molecule has 1 aromatic rings. The van der Waals surface area contributed by atoms with E-state index in [4.69, 9.17) is 10.4 Å². The summed E-state index contributed by atoms with van der Waals surface area (Å²) in [5, 5.41) is 27.6. The van der Waals surface area contributed by atoms with E-state index in [2.05, 4.69) is 4.98 Å². The second-order valence-corrected chi connectivity index (χ2v) is 2.77. The van der Waals surface area contributed by atoms with Gasteiger partial charge in [-0.15, -0.1) is 0 Å². The highest BCUT2D eigenvalue weighted by Gasteiger charge is 2.29. The molecule has 0 saturated heterocycles. The van der Waals surface area contributed by atoms with Gasteiger partial charge in [0.2, 0.25) is 5.69 Å². The first-order valence-electron chi connectivity index (χ1n) is 3.99. The van der Waals surface area contributed by atoms with E-state index in [1.807, 2.05) is 0 Å². The van der Waals surface area contributed by atoms with Crippen LogP contribution in [0.4, 0.5) is 14.5 Å². The molecule has 9 heteroatoms. The number of carbonyl (C=O) groups is 1. The summed E-state index contributed by atoms with van der Waals surface area (Å²) in [4.78, 5) is 23.0. The quantitative estimate of drug-likeness (QED) is 0.634. The molecule has 17 heavy (non-hydrogen) atoms. The molecule has 0 aliphatic heterocycles. The van der Waals surface area contributed by atoms with Crippen molar-refractivity contribution in [2.75, 3.05) is 0 Å². The van der Waals surface area contributed by atoms with E-state index in [0.717, 1.165) is 0 Å². The van der Waals surface area contributed by atoms with Gasteiger partial charge in [0, 0.05) is 0 Å². The number of carboxylic acid groups (broad SMARTS) is 1. The highest BCUT2D eigenvalue weighted by molar-refractivity contribution is 5.86. The van der Waals surface area contributed by atoms with E-state index < -0.39 is 40.0 Å². The van der Waals surface area contributed by atoms with E-state index in [1.165, 1.54) is 6.07 Å². The number of halogens is 2. The number of hydrogen-bond donors (Lipinski definition) is 1. The number of pyridine rings is 1. The Hall–Kier alpha value is -2.63. The molecule has 0 atom stereocenters. The molecular weight excluding hydrogens is 240 g/mol. The van der Waals surface area contributed by atoms with E-state index in [1.54, 1.807) is 0 Å². The van der Waals surface area contributed by atoms with Crippen molar-refractivity contribution >= 4 is 11.7 Å². The predicted octanol–water partition coefficient (Wildman–Crippen LogP) is 1.50. The fourth-order valence-electron chi connectivity index (χ4n) is 1.10. The lowest BCUT2D eigenvalue weighted by molar-refractivity contribution is -0.386. The van der Waals surface area contributed by atoms with E-state index in [9.17, 15) is 23.7 Å². The normalized spacial score (nSPS) is 10.0. The average molecular weight is 243 g/mol. The monoisotopic (exact) mass is 243 g/mol. The maximum Gasteiger partial charge on any atom is 0.354 e. The molecule has 0 amide bonds. The topological polar surface area (TPSA) is 117 Å². The molecule has 1 aromatic heterocycles. The van der Waals surface area contributed by atoms with Crippen molar-refractivity contribution in [2.24, 2.45) is 0 Å². The first kappa shape index (κ1) is 12.4. The summed E-state index contributed by atoms with van der Waals surface area (Å²) < 4.78 is 25.0. The lowest BCUT2D eigenvalue weighted by Crippen LogP contribution is -2.08. The third kappa shape index (κ3) is 2.31. The molecule has 0 bridgehead atoms. The van der Waals surface area contributed by atoms with Crippen molar-refractivity contribution in [3.8, 4) is 6.07 Å². The number of nitriles is 1. The van der Waals surface area contributed by atoms with Crippen LogP contribution >= 0.6 is 0 Å². The fraction of sp³-hybridized carbons (Fsp3) is 0.125. The van der Waals surface area contributed by atoms with Gasteiger partial charge in [0.15, 0.2) is 5.69 Å². The standard InChI is InChI=1S/C8H3F2N3O4/c9-7(10)3-1-4(8(14)15)12-5(2-11)6(3)13(16)17/h1,7H,(H,14,15). The molecule has 0 saturated carbocycles. The lowest BCUT2D eigenvalue weighted by Gasteiger charge is -2.04.